The van der Waals surface area contributed by atoms with Crippen LogP contribution in [-0.2, 0) is 0 Å². The highest BCUT2D eigenvalue weighted by Crippen LogP contribution is 2.26. The Hall–Kier alpha value is -3.48. The Morgan fingerprint density at radius 1 is 1.12 bits per heavy atom. The number of fused-ring (bicyclic) bond motifs is 1. The molecule has 124 valence electrons. The second-order valence-corrected chi connectivity index (χ2v) is 5.33. The Morgan fingerprint density at radius 3 is 2.76 bits per heavy atom. The molecule has 0 spiro atoms. The Labute approximate surface area is 143 Å². The molecule has 3 heterocycles. The van der Waals surface area contributed by atoms with E-state index < -0.39 is 0 Å². The molecule has 4 rings (SSSR count). The Kier molecular flexibility index (Phi) is 3.74. The smallest absolute Gasteiger partial charge is 0.213 e. The number of hydrogen-bond donors (Lipinski definition) is 1. The first-order valence-electron chi connectivity index (χ1n) is 7.60. The summed E-state index contributed by atoms with van der Waals surface area (Å²) >= 11 is 0. The minimum absolute atomic E-state index is 0.327. The molecule has 0 aliphatic heterocycles. The fourth-order valence-electron chi connectivity index (χ4n) is 2.53. The van der Waals surface area contributed by atoms with Crippen LogP contribution < -0.4 is 10.1 Å². The summed E-state index contributed by atoms with van der Waals surface area (Å²) in [5.41, 5.74) is 2.29. The van der Waals surface area contributed by atoms with Gasteiger partial charge in [-0.05, 0) is 18.2 Å². The molecule has 0 saturated heterocycles. The van der Waals surface area contributed by atoms with Crippen LogP contribution in [0.15, 0.2) is 61.2 Å². The molecule has 0 amide bonds. The maximum atomic E-state index is 14.1. The quantitative estimate of drug-likeness (QED) is 0.616. The molecule has 25 heavy (non-hydrogen) atoms. The van der Waals surface area contributed by atoms with Gasteiger partial charge in [0.2, 0.25) is 5.88 Å². The number of pyridine rings is 1. The van der Waals surface area contributed by atoms with E-state index in [1.807, 2.05) is 6.07 Å². The lowest BCUT2D eigenvalue weighted by molar-refractivity contribution is 0.398. The molecule has 1 aromatic carbocycles. The van der Waals surface area contributed by atoms with Crippen LogP contribution in [0, 0.1) is 5.82 Å². The number of hydrogen-bond acceptors (Lipinski definition) is 5. The summed E-state index contributed by atoms with van der Waals surface area (Å²) in [4.78, 5) is 13.0. The number of anilines is 2. The molecule has 0 bridgehead atoms. The Morgan fingerprint density at radius 2 is 2.00 bits per heavy atom. The van der Waals surface area contributed by atoms with Crippen molar-refractivity contribution >= 4 is 17.2 Å². The molecule has 0 unspecified atom stereocenters. The van der Waals surface area contributed by atoms with Crippen molar-refractivity contribution < 1.29 is 9.13 Å². The summed E-state index contributed by atoms with van der Waals surface area (Å²) in [5, 5.41) is 3.18. The van der Waals surface area contributed by atoms with Crippen molar-refractivity contribution in [1.29, 1.82) is 0 Å². The van der Waals surface area contributed by atoms with Gasteiger partial charge < -0.3 is 14.5 Å². The second kappa shape index (κ2) is 6.20. The van der Waals surface area contributed by atoms with Gasteiger partial charge in [-0.25, -0.2) is 19.3 Å². The number of ether oxygens (including phenoxy) is 1. The maximum absolute atomic E-state index is 14.1. The van der Waals surface area contributed by atoms with E-state index in [0.29, 0.717) is 28.6 Å². The van der Waals surface area contributed by atoms with Gasteiger partial charge in [0, 0.05) is 30.2 Å². The fraction of sp³-hybridized carbons (Fsp3) is 0.0556. The van der Waals surface area contributed by atoms with Crippen LogP contribution in [0.3, 0.4) is 0 Å². The van der Waals surface area contributed by atoms with Crippen molar-refractivity contribution in [3.05, 3.63) is 67.0 Å². The number of methoxy groups -OCH3 is 1. The molecule has 0 aliphatic carbocycles. The zero-order valence-corrected chi connectivity index (χ0v) is 13.3. The number of rotatable bonds is 4. The summed E-state index contributed by atoms with van der Waals surface area (Å²) in [6.45, 7) is 0. The van der Waals surface area contributed by atoms with Crippen LogP contribution in [-0.4, -0.2) is 26.5 Å². The Balaban J connectivity index is 1.79. The van der Waals surface area contributed by atoms with E-state index in [-0.39, 0.29) is 5.82 Å². The highest BCUT2D eigenvalue weighted by atomic mass is 19.1. The van der Waals surface area contributed by atoms with Gasteiger partial charge in [0.1, 0.15) is 5.82 Å². The van der Waals surface area contributed by atoms with Gasteiger partial charge in [0.25, 0.3) is 0 Å². The number of halogens is 1. The first-order valence-corrected chi connectivity index (χ1v) is 7.60. The van der Waals surface area contributed by atoms with Gasteiger partial charge in [0.15, 0.2) is 11.5 Å². The normalized spacial score (nSPS) is 10.8. The monoisotopic (exact) mass is 335 g/mol. The van der Waals surface area contributed by atoms with Crippen molar-refractivity contribution in [3.8, 4) is 17.1 Å². The predicted octanol–water partition coefficient (Wildman–Crippen LogP) is 3.68. The third-order valence-corrected chi connectivity index (χ3v) is 3.73. The largest absolute Gasteiger partial charge is 0.481 e. The van der Waals surface area contributed by atoms with E-state index in [9.17, 15) is 4.39 Å². The van der Waals surface area contributed by atoms with Gasteiger partial charge in [-0.15, -0.1) is 0 Å². The summed E-state index contributed by atoms with van der Waals surface area (Å²) in [5.74, 6) is 0.703. The average molecular weight is 335 g/mol. The van der Waals surface area contributed by atoms with Crippen LogP contribution in [0.25, 0.3) is 16.9 Å². The van der Waals surface area contributed by atoms with E-state index in [0.717, 1.165) is 5.69 Å². The lowest BCUT2D eigenvalue weighted by Crippen LogP contribution is -2.01. The van der Waals surface area contributed by atoms with Gasteiger partial charge in [-0.3, -0.25) is 0 Å². The number of imidazole rings is 1. The summed E-state index contributed by atoms with van der Waals surface area (Å²) in [6.07, 6.45) is 6.84. The third kappa shape index (κ3) is 2.87. The molecular formula is C18H14FN5O. The second-order valence-electron chi connectivity index (χ2n) is 5.33. The van der Waals surface area contributed by atoms with Gasteiger partial charge in [-0.1, -0.05) is 12.1 Å². The molecule has 0 aliphatic rings. The third-order valence-electron chi connectivity index (χ3n) is 3.73. The molecule has 7 heteroatoms. The highest BCUT2D eigenvalue weighted by Gasteiger charge is 2.12. The maximum Gasteiger partial charge on any atom is 0.213 e. The number of nitrogens with one attached hydrogen (secondary N) is 1. The van der Waals surface area contributed by atoms with Crippen molar-refractivity contribution in [2.45, 2.75) is 0 Å². The van der Waals surface area contributed by atoms with E-state index in [4.69, 9.17) is 4.74 Å². The van der Waals surface area contributed by atoms with Crippen molar-refractivity contribution in [2.75, 3.05) is 12.4 Å². The minimum Gasteiger partial charge on any atom is -0.481 e. The minimum atomic E-state index is -0.327. The summed E-state index contributed by atoms with van der Waals surface area (Å²) in [7, 11) is 1.56. The molecule has 0 fully saturated rings. The first kappa shape index (κ1) is 15.1. The number of benzene rings is 1. The van der Waals surface area contributed by atoms with Crippen LogP contribution in [0.2, 0.25) is 0 Å². The molecule has 3 aromatic heterocycles. The van der Waals surface area contributed by atoms with E-state index in [1.165, 1.54) is 6.07 Å². The topological polar surface area (TPSA) is 64.3 Å². The lowest BCUT2D eigenvalue weighted by Gasteiger charge is -2.10. The highest BCUT2D eigenvalue weighted by molar-refractivity contribution is 5.73. The molecule has 0 atom stereocenters. The summed E-state index contributed by atoms with van der Waals surface area (Å²) < 4.78 is 21.0. The standard InChI is InChI=1S/C18H14FN5O/c1-25-16-7-6-12(10-21-16)22-17-18-20-8-9-24(18)11-15(23-17)13-4-2-3-5-14(13)19/h2-11H,1H3,(H,22,23). The number of nitrogens with zero attached hydrogens (tertiary/aromatic N) is 4. The number of aromatic nitrogens is 4. The summed E-state index contributed by atoms with van der Waals surface area (Å²) in [6, 6.07) is 10.1. The predicted molar refractivity (Wildman–Crippen MR) is 92.5 cm³/mol. The zero-order chi connectivity index (χ0) is 17.2. The molecule has 6 nitrogen and oxygen atoms in total. The van der Waals surface area contributed by atoms with Crippen LogP contribution in [0.1, 0.15) is 0 Å². The molecule has 1 N–H and O–H groups in total. The van der Waals surface area contributed by atoms with Crippen LogP contribution in [0.4, 0.5) is 15.9 Å². The fourth-order valence-corrected chi connectivity index (χ4v) is 2.53. The SMILES string of the molecule is COc1ccc(Nc2nc(-c3ccccc3F)cn3ccnc23)cn1. The lowest BCUT2D eigenvalue weighted by atomic mass is 10.1. The van der Waals surface area contributed by atoms with Crippen LogP contribution in [0.5, 0.6) is 5.88 Å². The van der Waals surface area contributed by atoms with Gasteiger partial charge in [-0.2, -0.15) is 0 Å². The van der Waals surface area contributed by atoms with E-state index in [2.05, 4.69) is 20.3 Å². The zero-order valence-electron chi connectivity index (χ0n) is 13.3. The Bertz CT molecular complexity index is 1030. The van der Waals surface area contributed by atoms with E-state index in [1.54, 1.807) is 60.6 Å². The molecule has 0 saturated carbocycles. The first-order chi connectivity index (χ1) is 12.2. The molecular weight excluding hydrogens is 321 g/mol. The van der Waals surface area contributed by atoms with Crippen molar-refractivity contribution in [1.82, 2.24) is 19.4 Å². The molecule has 0 radical (unpaired) electrons. The molecule has 4 aromatic rings. The van der Waals surface area contributed by atoms with Crippen molar-refractivity contribution in [2.24, 2.45) is 0 Å². The van der Waals surface area contributed by atoms with Crippen molar-refractivity contribution in [3.63, 3.8) is 0 Å². The van der Waals surface area contributed by atoms with Crippen LogP contribution >= 0.6 is 0 Å². The van der Waals surface area contributed by atoms with E-state index >= 15 is 0 Å². The average Bonchev–Trinajstić information content (AvgIpc) is 3.11. The van der Waals surface area contributed by atoms with Gasteiger partial charge in [0.05, 0.1) is 24.7 Å². The van der Waals surface area contributed by atoms with Gasteiger partial charge >= 0.3 is 0 Å².